The highest BCUT2D eigenvalue weighted by atomic mass is 19.1. The van der Waals surface area contributed by atoms with Gasteiger partial charge in [-0.2, -0.15) is 0 Å². The summed E-state index contributed by atoms with van der Waals surface area (Å²) in [6.45, 7) is 3.18. The Hall–Kier alpha value is -1.62. The molecule has 0 bridgehead atoms. The van der Waals surface area contributed by atoms with Crippen LogP contribution >= 0.6 is 0 Å². The number of ether oxygens (including phenoxy) is 1. The highest BCUT2D eigenvalue weighted by molar-refractivity contribution is 5.73. The fourth-order valence-corrected chi connectivity index (χ4v) is 1.11. The van der Waals surface area contributed by atoms with E-state index in [1.807, 2.05) is 0 Å². The maximum Gasteiger partial charge on any atom is 0.312 e. The van der Waals surface area contributed by atoms with Gasteiger partial charge in [-0.3, -0.25) is 4.79 Å². The number of halogens is 1. The molecule has 0 aromatic heterocycles. The Kier molecular flexibility index (Phi) is 4.07. The molecule has 0 fully saturated rings. The Morgan fingerprint density at radius 3 is 2.65 bits per heavy atom. The lowest BCUT2D eigenvalue weighted by Crippen LogP contribution is -2.30. The number of carboxylic acids is 1. The number of aliphatic carboxylic acids is 1. The van der Waals surface area contributed by atoms with E-state index in [1.54, 1.807) is 6.07 Å². The minimum atomic E-state index is -1.06. The third-order valence-corrected chi connectivity index (χ3v) is 2.40. The molecule has 0 atom stereocenters. The zero-order valence-electron chi connectivity index (χ0n) is 9.87. The molecule has 1 aromatic rings. The van der Waals surface area contributed by atoms with Crippen molar-refractivity contribution in [1.29, 1.82) is 0 Å². The lowest BCUT2D eigenvalue weighted by Gasteiger charge is -2.19. The van der Waals surface area contributed by atoms with Crippen LogP contribution < -0.4 is 10.5 Å². The summed E-state index contributed by atoms with van der Waals surface area (Å²) in [6, 6.07) is 4.38. The number of hydrogen-bond donors (Lipinski definition) is 2. The average Bonchev–Trinajstić information content (AvgIpc) is 2.27. The largest absolute Gasteiger partial charge is 0.489 e. The first-order valence-electron chi connectivity index (χ1n) is 5.21. The molecule has 0 amide bonds. The SMILES string of the molecule is CC(C)(COc1ccc(CN)cc1F)C(=O)O. The van der Waals surface area contributed by atoms with Gasteiger partial charge in [0.25, 0.3) is 0 Å². The highest BCUT2D eigenvalue weighted by Crippen LogP contribution is 2.22. The van der Waals surface area contributed by atoms with Crippen molar-refractivity contribution in [2.75, 3.05) is 6.61 Å². The molecule has 1 aromatic carbocycles. The molecule has 0 saturated heterocycles. The van der Waals surface area contributed by atoms with Gasteiger partial charge >= 0.3 is 5.97 Å². The summed E-state index contributed by atoms with van der Waals surface area (Å²) in [4.78, 5) is 10.8. The van der Waals surface area contributed by atoms with Crippen molar-refractivity contribution >= 4 is 5.97 Å². The summed E-state index contributed by atoms with van der Waals surface area (Å²) in [5, 5.41) is 8.88. The van der Waals surface area contributed by atoms with Crippen LogP contribution in [0.3, 0.4) is 0 Å². The maximum absolute atomic E-state index is 13.5. The Morgan fingerprint density at radius 2 is 2.18 bits per heavy atom. The third-order valence-electron chi connectivity index (χ3n) is 2.40. The fourth-order valence-electron chi connectivity index (χ4n) is 1.11. The van der Waals surface area contributed by atoms with Crippen molar-refractivity contribution in [3.8, 4) is 5.75 Å². The zero-order valence-corrected chi connectivity index (χ0v) is 9.87. The molecule has 4 nitrogen and oxygen atoms in total. The predicted octanol–water partition coefficient (Wildman–Crippen LogP) is 1.77. The summed E-state index contributed by atoms with van der Waals surface area (Å²) < 4.78 is 18.7. The molecule has 0 heterocycles. The number of hydrogen-bond acceptors (Lipinski definition) is 3. The van der Waals surface area contributed by atoms with E-state index in [2.05, 4.69) is 0 Å². The third kappa shape index (κ3) is 3.42. The second-order valence-corrected chi connectivity index (χ2v) is 4.45. The number of carbonyl (C=O) groups is 1. The lowest BCUT2D eigenvalue weighted by atomic mass is 9.95. The number of benzene rings is 1. The van der Waals surface area contributed by atoms with E-state index < -0.39 is 17.2 Å². The Morgan fingerprint density at radius 1 is 1.53 bits per heavy atom. The second kappa shape index (κ2) is 5.14. The van der Waals surface area contributed by atoms with Gasteiger partial charge in [0.1, 0.15) is 6.61 Å². The normalized spacial score (nSPS) is 11.3. The minimum Gasteiger partial charge on any atom is -0.489 e. The van der Waals surface area contributed by atoms with E-state index in [9.17, 15) is 9.18 Å². The van der Waals surface area contributed by atoms with Gasteiger partial charge in [0.15, 0.2) is 11.6 Å². The van der Waals surface area contributed by atoms with Crippen LogP contribution in [0.15, 0.2) is 18.2 Å². The molecular weight excluding hydrogens is 225 g/mol. The van der Waals surface area contributed by atoms with Crippen molar-refractivity contribution in [3.63, 3.8) is 0 Å². The monoisotopic (exact) mass is 241 g/mol. The van der Waals surface area contributed by atoms with Gasteiger partial charge in [0.2, 0.25) is 0 Å². The van der Waals surface area contributed by atoms with Crippen molar-refractivity contribution in [2.24, 2.45) is 11.1 Å². The van der Waals surface area contributed by atoms with Gasteiger partial charge in [-0.15, -0.1) is 0 Å². The average molecular weight is 241 g/mol. The fraction of sp³-hybridized carbons (Fsp3) is 0.417. The summed E-state index contributed by atoms with van der Waals surface area (Å²) in [6.07, 6.45) is 0. The molecular formula is C12H16FNO3. The summed E-state index contributed by atoms with van der Waals surface area (Å²) in [5.74, 6) is -1.48. The van der Waals surface area contributed by atoms with Crippen molar-refractivity contribution < 1.29 is 19.0 Å². The molecule has 3 N–H and O–H groups in total. The number of carboxylic acid groups (broad SMARTS) is 1. The van der Waals surface area contributed by atoms with Gasteiger partial charge in [0, 0.05) is 6.54 Å². The van der Waals surface area contributed by atoms with Gasteiger partial charge in [-0.1, -0.05) is 6.07 Å². The Labute approximate surface area is 99.2 Å². The first kappa shape index (κ1) is 13.4. The van der Waals surface area contributed by atoms with E-state index in [0.29, 0.717) is 5.56 Å². The summed E-state index contributed by atoms with van der Waals surface area (Å²) in [7, 11) is 0. The molecule has 1 rings (SSSR count). The molecule has 0 aliphatic rings. The van der Waals surface area contributed by atoms with Crippen LogP contribution in [-0.4, -0.2) is 17.7 Å². The first-order valence-corrected chi connectivity index (χ1v) is 5.21. The van der Waals surface area contributed by atoms with Crippen LogP contribution in [0.2, 0.25) is 0 Å². The van der Waals surface area contributed by atoms with Crippen LogP contribution in [0, 0.1) is 11.2 Å². The van der Waals surface area contributed by atoms with Crippen LogP contribution in [0.4, 0.5) is 4.39 Å². The highest BCUT2D eigenvalue weighted by Gasteiger charge is 2.28. The predicted molar refractivity (Wildman–Crippen MR) is 61.2 cm³/mol. The molecule has 0 aliphatic heterocycles. The van der Waals surface area contributed by atoms with E-state index in [0.717, 1.165) is 0 Å². The maximum atomic E-state index is 13.5. The molecule has 0 saturated carbocycles. The number of nitrogens with two attached hydrogens (primary N) is 1. The molecule has 94 valence electrons. The Bertz CT molecular complexity index is 418. The molecule has 0 radical (unpaired) electrons. The first-order chi connectivity index (χ1) is 7.86. The quantitative estimate of drug-likeness (QED) is 0.824. The smallest absolute Gasteiger partial charge is 0.312 e. The number of rotatable bonds is 5. The molecule has 0 unspecified atom stereocenters. The molecule has 17 heavy (non-hydrogen) atoms. The topological polar surface area (TPSA) is 72.5 Å². The van der Waals surface area contributed by atoms with Crippen molar-refractivity contribution in [3.05, 3.63) is 29.6 Å². The van der Waals surface area contributed by atoms with Gasteiger partial charge in [0.05, 0.1) is 5.41 Å². The van der Waals surface area contributed by atoms with E-state index >= 15 is 0 Å². The van der Waals surface area contributed by atoms with Crippen LogP contribution in [0.1, 0.15) is 19.4 Å². The van der Waals surface area contributed by atoms with E-state index in [-0.39, 0.29) is 18.9 Å². The van der Waals surface area contributed by atoms with Crippen LogP contribution in [0.5, 0.6) is 5.75 Å². The van der Waals surface area contributed by atoms with Gasteiger partial charge in [-0.05, 0) is 31.5 Å². The van der Waals surface area contributed by atoms with E-state index in [4.69, 9.17) is 15.6 Å². The second-order valence-electron chi connectivity index (χ2n) is 4.45. The summed E-state index contributed by atoms with van der Waals surface area (Å²) >= 11 is 0. The van der Waals surface area contributed by atoms with E-state index in [1.165, 1.54) is 26.0 Å². The standard InChI is InChI=1S/C12H16FNO3/c1-12(2,11(15)16)7-17-10-4-3-8(6-14)5-9(10)13/h3-5H,6-7,14H2,1-2H3,(H,15,16). The van der Waals surface area contributed by atoms with Crippen molar-refractivity contribution in [1.82, 2.24) is 0 Å². The summed E-state index contributed by atoms with van der Waals surface area (Å²) in [5.41, 5.74) is 4.97. The van der Waals surface area contributed by atoms with Gasteiger partial charge < -0.3 is 15.6 Å². The molecule has 0 spiro atoms. The minimum absolute atomic E-state index is 0.0384. The molecule has 5 heteroatoms. The molecule has 0 aliphatic carbocycles. The lowest BCUT2D eigenvalue weighted by molar-refractivity contribution is -0.148. The van der Waals surface area contributed by atoms with Crippen molar-refractivity contribution in [2.45, 2.75) is 20.4 Å². The van der Waals surface area contributed by atoms with Crippen LogP contribution in [-0.2, 0) is 11.3 Å². The van der Waals surface area contributed by atoms with Crippen LogP contribution in [0.25, 0.3) is 0 Å². The Balaban J connectivity index is 2.73. The van der Waals surface area contributed by atoms with Gasteiger partial charge in [-0.25, -0.2) is 4.39 Å². The zero-order chi connectivity index (χ0) is 13.1.